The minimum absolute atomic E-state index is 0.00456. The fourth-order valence-electron chi connectivity index (χ4n) is 6.43. The highest BCUT2D eigenvalue weighted by molar-refractivity contribution is 6.23. The van der Waals surface area contributed by atoms with Gasteiger partial charge in [0.15, 0.2) is 0 Å². The molecule has 2 saturated heterocycles. The number of carbonyl (C=O) groups excluding carboxylic acids is 2. The summed E-state index contributed by atoms with van der Waals surface area (Å²) in [5.74, 6) is 0.472. The van der Waals surface area contributed by atoms with Crippen LogP contribution < -0.4 is 0 Å². The van der Waals surface area contributed by atoms with E-state index in [-0.39, 0.29) is 17.9 Å². The number of carbonyl (C=O) groups is 2. The Balaban J connectivity index is 0.000000429. The van der Waals surface area contributed by atoms with E-state index >= 15 is 0 Å². The number of imide groups is 1. The van der Waals surface area contributed by atoms with Crippen LogP contribution >= 0.6 is 0 Å². The Bertz CT molecular complexity index is 1370. The SMILES string of the molecule is O=C1c2cc3ccccc3cc2C(=O)N1C1CCN(C[C@@H]2CCN(Cc3ccccc3)C2)CC1.c1ccccc1. The number of hydrogen-bond donors (Lipinski definition) is 0. The van der Waals surface area contributed by atoms with E-state index in [1.807, 2.05) is 72.8 Å². The summed E-state index contributed by atoms with van der Waals surface area (Å²) in [5.41, 5.74) is 2.52. The van der Waals surface area contributed by atoms with E-state index in [4.69, 9.17) is 0 Å². The largest absolute Gasteiger partial charge is 0.303 e. The van der Waals surface area contributed by atoms with Gasteiger partial charge < -0.3 is 4.90 Å². The molecule has 2 amide bonds. The van der Waals surface area contributed by atoms with Crippen LogP contribution in [0.3, 0.4) is 0 Å². The molecule has 0 unspecified atom stereocenters. The molecule has 0 aromatic heterocycles. The van der Waals surface area contributed by atoms with Crippen molar-refractivity contribution in [3.63, 3.8) is 0 Å². The van der Waals surface area contributed by atoms with Crippen molar-refractivity contribution in [1.82, 2.24) is 14.7 Å². The second kappa shape index (κ2) is 12.2. The standard InChI is InChI=1S/C29H31N3O2.C6H6/c33-28-26-16-23-8-4-5-9-24(23)17-27(26)29(34)32(28)25-11-14-30(15-12-25)19-22-10-13-31(20-22)18-21-6-2-1-3-7-21;1-2-4-6-5-3-1/h1-9,16-17,22,25H,10-15,18-20H2;1-6H/t22-;/m0./s1. The molecule has 5 heteroatoms. The molecule has 4 aromatic carbocycles. The molecule has 0 saturated carbocycles. The van der Waals surface area contributed by atoms with E-state index in [9.17, 15) is 9.59 Å². The molecular weight excluding hydrogens is 494 g/mol. The van der Waals surface area contributed by atoms with Gasteiger partial charge in [-0.05, 0) is 60.2 Å². The van der Waals surface area contributed by atoms with Crippen LogP contribution in [0.25, 0.3) is 10.8 Å². The van der Waals surface area contributed by atoms with Crippen molar-refractivity contribution in [3.05, 3.63) is 120 Å². The van der Waals surface area contributed by atoms with E-state index in [0.717, 1.165) is 56.3 Å². The lowest BCUT2D eigenvalue weighted by molar-refractivity contribution is 0.0493. The van der Waals surface area contributed by atoms with Crippen LogP contribution in [0.15, 0.2) is 103 Å². The zero-order chi connectivity index (χ0) is 27.3. The van der Waals surface area contributed by atoms with Gasteiger partial charge in [-0.1, -0.05) is 91.0 Å². The maximum absolute atomic E-state index is 13.2. The highest BCUT2D eigenvalue weighted by Crippen LogP contribution is 2.32. The van der Waals surface area contributed by atoms with Crippen LogP contribution in [0.1, 0.15) is 45.5 Å². The molecule has 7 rings (SSSR count). The lowest BCUT2D eigenvalue weighted by atomic mass is 10.0. The first-order valence-corrected chi connectivity index (χ1v) is 14.5. The normalized spacial score (nSPS) is 20.0. The summed E-state index contributed by atoms with van der Waals surface area (Å²) in [4.78, 5) is 33.0. The molecule has 2 fully saturated rings. The maximum atomic E-state index is 13.2. The molecule has 5 nitrogen and oxygen atoms in total. The number of likely N-dealkylation sites (tertiary alicyclic amines) is 2. The van der Waals surface area contributed by atoms with Crippen molar-refractivity contribution in [2.45, 2.75) is 31.8 Å². The molecule has 4 aromatic rings. The number of amides is 2. The van der Waals surface area contributed by atoms with E-state index in [2.05, 4.69) is 40.1 Å². The molecule has 0 aliphatic carbocycles. The summed E-state index contributed by atoms with van der Waals surface area (Å²) >= 11 is 0. The predicted molar refractivity (Wildman–Crippen MR) is 160 cm³/mol. The quantitative estimate of drug-likeness (QED) is 0.292. The highest BCUT2D eigenvalue weighted by atomic mass is 16.2. The summed E-state index contributed by atoms with van der Waals surface area (Å²) in [6, 6.07) is 34.4. The number of piperidine rings is 1. The minimum atomic E-state index is -0.114. The fraction of sp³-hybridized carbons (Fsp3) is 0.314. The summed E-state index contributed by atoms with van der Waals surface area (Å²) in [5, 5.41) is 2.02. The first-order chi connectivity index (χ1) is 19.7. The molecule has 0 spiro atoms. The van der Waals surface area contributed by atoms with Crippen LogP contribution in [0.2, 0.25) is 0 Å². The Kier molecular flexibility index (Phi) is 8.03. The molecule has 40 heavy (non-hydrogen) atoms. The Morgan fingerprint density at radius 2 is 1.10 bits per heavy atom. The van der Waals surface area contributed by atoms with Gasteiger partial charge in [-0.25, -0.2) is 0 Å². The van der Waals surface area contributed by atoms with Gasteiger partial charge in [-0.3, -0.25) is 19.4 Å². The zero-order valence-electron chi connectivity index (χ0n) is 23.0. The smallest absolute Gasteiger partial charge is 0.261 e. The van der Waals surface area contributed by atoms with E-state index < -0.39 is 0 Å². The first-order valence-electron chi connectivity index (χ1n) is 14.5. The number of rotatable bonds is 5. The first kappa shape index (κ1) is 26.4. The Labute approximate surface area is 237 Å². The van der Waals surface area contributed by atoms with Gasteiger partial charge in [0.1, 0.15) is 0 Å². The van der Waals surface area contributed by atoms with Crippen molar-refractivity contribution in [2.24, 2.45) is 5.92 Å². The molecule has 0 N–H and O–H groups in total. The summed E-state index contributed by atoms with van der Waals surface area (Å²) in [7, 11) is 0. The van der Waals surface area contributed by atoms with Crippen molar-refractivity contribution in [2.75, 3.05) is 32.7 Å². The molecule has 1 atom stereocenters. The van der Waals surface area contributed by atoms with E-state index in [1.54, 1.807) is 4.90 Å². The minimum Gasteiger partial charge on any atom is -0.303 e. The van der Waals surface area contributed by atoms with Crippen LogP contribution in [0, 0.1) is 5.92 Å². The number of hydrogen-bond acceptors (Lipinski definition) is 4. The van der Waals surface area contributed by atoms with Gasteiger partial charge in [-0.15, -0.1) is 0 Å². The number of benzene rings is 4. The second-order valence-electron chi connectivity index (χ2n) is 11.3. The molecule has 0 bridgehead atoms. The third-order valence-corrected chi connectivity index (χ3v) is 8.51. The molecule has 3 aliphatic heterocycles. The average molecular weight is 532 g/mol. The van der Waals surface area contributed by atoms with Gasteiger partial charge >= 0.3 is 0 Å². The van der Waals surface area contributed by atoms with Gasteiger partial charge in [0.2, 0.25) is 0 Å². The lowest BCUT2D eigenvalue weighted by Crippen LogP contribution is -2.48. The van der Waals surface area contributed by atoms with Crippen LogP contribution in [0.4, 0.5) is 0 Å². The van der Waals surface area contributed by atoms with Crippen molar-refractivity contribution >= 4 is 22.6 Å². The Morgan fingerprint density at radius 1 is 0.600 bits per heavy atom. The summed E-state index contributed by atoms with van der Waals surface area (Å²) < 4.78 is 0. The van der Waals surface area contributed by atoms with Gasteiger partial charge in [-0.2, -0.15) is 0 Å². The Hall–Kier alpha value is -3.80. The van der Waals surface area contributed by atoms with E-state index in [1.165, 1.54) is 18.5 Å². The van der Waals surface area contributed by atoms with Gasteiger partial charge in [0.25, 0.3) is 11.8 Å². The van der Waals surface area contributed by atoms with Crippen LogP contribution in [-0.4, -0.2) is 65.3 Å². The fourth-order valence-corrected chi connectivity index (χ4v) is 6.43. The third-order valence-electron chi connectivity index (χ3n) is 8.51. The zero-order valence-corrected chi connectivity index (χ0v) is 23.0. The number of fused-ring (bicyclic) bond motifs is 2. The molecule has 0 radical (unpaired) electrons. The Morgan fingerprint density at radius 3 is 1.68 bits per heavy atom. The van der Waals surface area contributed by atoms with Crippen molar-refractivity contribution in [3.8, 4) is 0 Å². The third kappa shape index (κ3) is 5.86. The summed E-state index contributed by atoms with van der Waals surface area (Å²) in [6.07, 6.45) is 2.98. The molecule has 3 aliphatic rings. The van der Waals surface area contributed by atoms with Crippen molar-refractivity contribution in [1.29, 1.82) is 0 Å². The maximum Gasteiger partial charge on any atom is 0.261 e. The lowest BCUT2D eigenvalue weighted by Gasteiger charge is -2.36. The summed E-state index contributed by atoms with van der Waals surface area (Å²) in [6.45, 7) is 6.38. The van der Waals surface area contributed by atoms with Gasteiger partial charge in [0.05, 0.1) is 11.1 Å². The van der Waals surface area contributed by atoms with E-state index in [0.29, 0.717) is 17.0 Å². The molecular formula is C35H37N3O2. The van der Waals surface area contributed by atoms with Crippen LogP contribution in [-0.2, 0) is 6.54 Å². The predicted octanol–water partition coefficient (Wildman–Crippen LogP) is 6.11. The topological polar surface area (TPSA) is 43.9 Å². The second-order valence-corrected chi connectivity index (χ2v) is 11.3. The molecule has 204 valence electrons. The number of nitrogens with zero attached hydrogens (tertiary/aromatic N) is 3. The monoisotopic (exact) mass is 531 g/mol. The van der Waals surface area contributed by atoms with Gasteiger partial charge in [0, 0.05) is 38.8 Å². The molecule has 3 heterocycles. The highest BCUT2D eigenvalue weighted by Gasteiger charge is 2.41. The van der Waals surface area contributed by atoms with Crippen LogP contribution in [0.5, 0.6) is 0 Å². The average Bonchev–Trinajstić information content (AvgIpc) is 3.54. The van der Waals surface area contributed by atoms with Crippen molar-refractivity contribution < 1.29 is 9.59 Å².